The predicted molar refractivity (Wildman–Crippen MR) is 105 cm³/mol. The van der Waals surface area contributed by atoms with Gasteiger partial charge in [0.05, 0.1) is 29.2 Å². The molecular formula is C17H17ClN4O5S. The first kappa shape index (κ1) is 20.2. The second-order valence-corrected chi connectivity index (χ2v) is 8.19. The van der Waals surface area contributed by atoms with Crippen LogP contribution in [-0.4, -0.2) is 50.2 Å². The van der Waals surface area contributed by atoms with Crippen molar-refractivity contribution in [3.8, 4) is 0 Å². The van der Waals surface area contributed by atoms with Crippen LogP contribution in [-0.2, 0) is 14.8 Å². The fraction of sp³-hybridized carbons (Fsp3) is 0.235. The maximum absolute atomic E-state index is 12.7. The summed E-state index contributed by atoms with van der Waals surface area (Å²) < 4.78 is 31.8. The van der Waals surface area contributed by atoms with Gasteiger partial charge >= 0.3 is 0 Å². The normalized spacial score (nSPS) is 15.6. The monoisotopic (exact) mass is 424 g/mol. The molecule has 1 fully saturated rings. The fourth-order valence-electron chi connectivity index (χ4n) is 2.60. The van der Waals surface area contributed by atoms with Crippen LogP contribution in [0.5, 0.6) is 0 Å². The molecular weight excluding hydrogens is 408 g/mol. The number of nitrogens with zero attached hydrogens (tertiary/aromatic N) is 3. The number of nitro groups is 1. The number of hydrazone groups is 1. The highest BCUT2D eigenvalue weighted by Crippen LogP contribution is 2.29. The minimum atomic E-state index is -3.84. The Morgan fingerprint density at radius 3 is 2.61 bits per heavy atom. The summed E-state index contributed by atoms with van der Waals surface area (Å²) in [6, 6.07) is 10.6. The highest BCUT2D eigenvalue weighted by molar-refractivity contribution is 7.89. The predicted octanol–water partition coefficient (Wildman–Crippen LogP) is 2.72. The lowest BCUT2D eigenvalue weighted by molar-refractivity contribution is -0.384. The molecule has 0 bridgehead atoms. The van der Waals surface area contributed by atoms with Crippen molar-refractivity contribution >= 4 is 39.2 Å². The number of halogens is 1. The van der Waals surface area contributed by atoms with Gasteiger partial charge in [-0.15, -0.1) is 0 Å². The van der Waals surface area contributed by atoms with Crippen LogP contribution in [0.2, 0.25) is 5.02 Å². The Hall–Kier alpha value is -2.53. The summed E-state index contributed by atoms with van der Waals surface area (Å²) in [6.45, 7) is 0.992. The molecule has 2 aromatic carbocycles. The summed E-state index contributed by atoms with van der Waals surface area (Å²) in [7, 11) is -3.84. The van der Waals surface area contributed by atoms with Gasteiger partial charge in [-0.25, -0.2) is 8.42 Å². The van der Waals surface area contributed by atoms with Gasteiger partial charge in [0, 0.05) is 29.7 Å². The molecule has 1 aliphatic heterocycles. The van der Waals surface area contributed by atoms with Crippen LogP contribution in [0.3, 0.4) is 0 Å². The molecule has 9 nitrogen and oxygen atoms in total. The number of hydrogen-bond acceptors (Lipinski definition) is 7. The van der Waals surface area contributed by atoms with Gasteiger partial charge in [0.15, 0.2) is 0 Å². The maximum Gasteiger partial charge on any atom is 0.295 e. The molecule has 148 valence electrons. The van der Waals surface area contributed by atoms with E-state index in [9.17, 15) is 18.5 Å². The van der Waals surface area contributed by atoms with E-state index in [4.69, 9.17) is 16.3 Å². The molecule has 0 spiro atoms. The van der Waals surface area contributed by atoms with Crippen molar-refractivity contribution in [1.82, 2.24) is 4.31 Å². The van der Waals surface area contributed by atoms with Gasteiger partial charge < -0.3 is 4.74 Å². The quantitative estimate of drug-likeness (QED) is 0.433. The van der Waals surface area contributed by atoms with E-state index >= 15 is 0 Å². The van der Waals surface area contributed by atoms with E-state index < -0.39 is 20.6 Å². The van der Waals surface area contributed by atoms with E-state index in [2.05, 4.69) is 10.5 Å². The average Bonchev–Trinajstić information content (AvgIpc) is 2.70. The lowest BCUT2D eigenvalue weighted by Gasteiger charge is -2.26. The number of morpholine rings is 1. The number of nitrogens with one attached hydrogen (secondary N) is 1. The van der Waals surface area contributed by atoms with Crippen LogP contribution >= 0.6 is 11.6 Å². The average molecular weight is 425 g/mol. The highest BCUT2D eigenvalue weighted by Gasteiger charge is 2.28. The zero-order valence-corrected chi connectivity index (χ0v) is 16.2. The summed E-state index contributed by atoms with van der Waals surface area (Å²) >= 11 is 6.02. The van der Waals surface area contributed by atoms with Crippen LogP contribution in [0, 0.1) is 10.1 Å². The zero-order valence-electron chi connectivity index (χ0n) is 14.6. The molecule has 1 heterocycles. The third kappa shape index (κ3) is 4.47. The largest absolute Gasteiger partial charge is 0.379 e. The number of nitro benzene ring substituents is 1. The number of rotatable bonds is 6. The van der Waals surface area contributed by atoms with Crippen LogP contribution < -0.4 is 5.43 Å². The zero-order chi connectivity index (χ0) is 20.1. The number of ether oxygens (including phenoxy) is 1. The summed E-state index contributed by atoms with van der Waals surface area (Å²) in [5.74, 6) is 0. The molecule has 0 amide bonds. The molecule has 3 rings (SSSR count). The second-order valence-electron chi connectivity index (χ2n) is 5.84. The molecule has 2 aromatic rings. The number of benzene rings is 2. The van der Waals surface area contributed by atoms with Crippen molar-refractivity contribution in [2.24, 2.45) is 5.10 Å². The fourth-order valence-corrected chi connectivity index (χ4v) is 4.22. The van der Waals surface area contributed by atoms with E-state index in [1.807, 2.05) is 0 Å². The molecule has 28 heavy (non-hydrogen) atoms. The van der Waals surface area contributed by atoms with E-state index in [0.29, 0.717) is 10.6 Å². The van der Waals surface area contributed by atoms with Crippen molar-refractivity contribution < 1.29 is 18.1 Å². The molecule has 1 saturated heterocycles. The van der Waals surface area contributed by atoms with Gasteiger partial charge in [-0.05, 0) is 18.2 Å². The first-order chi connectivity index (χ1) is 13.4. The Labute approximate surface area is 166 Å². The maximum atomic E-state index is 12.7. The smallest absolute Gasteiger partial charge is 0.295 e. The minimum absolute atomic E-state index is 0.0641. The van der Waals surface area contributed by atoms with Crippen molar-refractivity contribution in [3.05, 3.63) is 63.2 Å². The Bertz CT molecular complexity index is 1010. The lowest BCUT2D eigenvalue weighted by atomic mass is 10.2. The Morgan fingerprint density at radius 1 is 1.21 bits per heavy atom. The van der Waals surface area contributed by atoms with Crippen LogP contribution in [0.1, 0.15) is 5.56 Å². The Balaban J connectivity index is 1.85. The molecule has 0 saturated carbocycles. The highest BCUT2D eigenvalue weighted by atomic mass is 35.5. The summed E-state index contributed by atoms with van der Waals surface area (Å²) in [6.07, 6.45) is 1.42. The van der Waals surface area contributed by atoms with Crippen molar-refractivity contribution in [2.45, 2.75) is 4.90 Å². The van der Waals surface area contributed by atoms with Gasteiger partial charge in [-0.1, -0.05) is 29.8 Å². The number of sulfonamides is 1. The van der Waals surface area contributed by atoms with Gasteiger partial charge in [0.2, 0.25) is 10.0 Å². The minimum Gasteiger partial charge on any atom is -0.379 e. The van der Waals surface area contributed by atoms with Crippen LogP contribution in [0.15, 0.2) is 52.5 Å². The molecule has 0 atom stereocenters. The second kappa shape index (κ2) is 8.65. The van der Waals surface area contributed by atoms with Crippen molar-refractivity contribution in [2.75, 3.05) is 31.7 Å². The van der Waals surface area contributed by atoms with Crippen molar-refractivity contribution in [1.29, 1.82) is 0 Å². The van der Waals surface area contributed by atoms with Crippen molar-refractivity contribution in [3.63, 3.8) is 0 Å². The lowest BCUT2D eigenvalue weighted by Crippen LogP contribution is -2.40. The van der Waals surface area contributed by atoms with Gasteiger partial charge in [0.25, 0.3) is 5.69 Å². The molecule has 11 heteroatoms. The number of hydrogen-bond donors (Lipinski definition) is 1. The van der Waals surface area contributed by atoms with Gasteiger partial charge in [-0.2, -0.15) is 9.41 Å². The molecule has 1 N–H and O–H groups in total. The van der Waals surface area contributed by atoms with Crippen LogP contribution in [0.4, 0.5) is 11.4 Å². The van der Waals surface area contributed by atoms with E-state index in [0.717, 1.165) is 6.07 Å². The molecule has 0 aromatic heterocycles. The Kier molecular flexibility index (Phi) is 6.25. The summed E-state index contributed by atoms with van der Waals surface area (Å²) in [5, 5.41) is 15.9. The molecule has 0 unspecified atom stereocenters. The molecule has 0 radical (unpaired) electrons. The van der Waals surface area contributed by atoms with Gasteiger partial charge in [0.1, 0.15) is 5.69 Å². The third-order valence-corrected chi connectivity index (χ3v) is 6.31. The summed E-state index contributed by atoms with van der Waals surface area (Å²) in [5.41, 5.74) is 2.87. The molecule has 0 aliphatic carbocycles. The molecule has 1 aliphatic rings. The Morgan fingerprint density at radius 2 is 1.93 bits per heavy atom. The topological polar surface area (TPSA) is 114 Å². The number of anilines is 1. The SMILES string of the molecule is O=[N+]([O-])c1cc(S(=O)(=O)N2CCOCC2)ccc1NN=Cc1ccccc1Cl. The van der Waals surface area contributed by atoms with Gasteiger partial charge in [-0.3, -0.25) is 15.5 Å². The van der Waals surface area contributed by atoms with E-state index in [1.54, 1.807) is 24.3 Å². The van der Waals surface area contributed by atoms with Crippen LogP contribution in [0.25, 0.3) is 0 Å². The first-order valence-corrected chi connectivity index (χ1v) is 10.1. The standard InChI is InChI=1S/C17H17ClN4O5S/c18-15-4-2-1-3-13(15)12-19-20-16-6-5-14(11-17(16)22(23)24)28(25,26)21-7-9-27-10-8-21/h1-6,11-12,20H,7-10H2. The summed E-state index contributed by atoms with van der Waals surface area (Å²) in [4.78, 5) is 10.6. The first-order valence-electron chi connectivity index (χ1n) is 8.29. The third-order valence-electron chi connectivity index (χ3n) is 4.07. The van der Waals surface area contributed by atoms with E-state index in [1.165, 1.54) is 22.7 Å². The van der Waals surface area contributed by atoms with E-state index in [-0.39, 0.29) is 36.9 Å².